The number of halogens is 1. The van der Waals surface area contributed by atoms with E-state index >= 15 is 0 Å². The minimum atomic E-state index is -0.554. The van der Waals surface area contributed by atoms with E-state index in [1.54, 1.807) is 49.3 Å². The molecule has 1 aromatic carbocycles. The summed E-state index contributed by atoms with van der Waals surface area (Å²) in [4.78, 5) is 13.2. The van der Waals surface area contributed by atoms with Crippen molar-refractivity contribution >= 4 is 23.7 Å². The number of hydrogen-bond acceptors (Lipinski definition) is 4. The Morgan fingerprint density at radius 3 is 2.58 bits per heavy atom. The molecular formula is C13H13ClN4O. The van der Waals surface area contributed by atoms with E-state index in [9.17, 15) is 4.79 Å². The fraction of sp³-hybridized carbons (Fsp3) is 0.154. The van der Waals surface area contributed by atoms with E-state index in [-0.39, 0.29) is 5.57 Å². The summed E-state index contributed by atoms with van der Waals surface area (Å²) >= 11 is 5.74. The standard InChI is InChI=1S/C13H13ClN4O/c1-18(2)9-11(7-15)13(19)17-16-8-10-3-5-12(14)6-4-10/h3-6,8-9H,1-2H3,(H,17,19)/b11-9+,16-8+. The number of carbonyl (C=O) groups is 1. The molecule has 0 aliphatic rings. The molecule has 19 heavy (non-hydrogen) atoms. The molecular weight excluding hydrogens is 264 g/mol. The number of rotatable bonds is 4. The van der Waals surface area contributed by atoms with Crippen LogP contribution in [0.25, 0.3) is 0 Å². The van der Waals surface area contributed by atoms with E-state index in [0.717, 1.165) is 5.56 Å². The predicted octanol–water partition coefficient (Wildman–Crippen LogP) is 1.76. The summed E-state index contributed by atoms with van der Waals surface area (Å²) in [5.74, 6) is -0.554. The van der Waals surface area contributed by atoms with Gasteiger partial charge in [0.15, 0.2) is 0 Å². The van der Waals surface area contributed by atoms with Gasteiger partial charge in [-0.3, -0.25) is 4.79 Å². The van der Waals surface area contributed by atoms with Crippen LogP contribution in [-0.4, -0.2) is 31.1 Å². The van der Waals surface area contributed by atoms with Crippen molar-refractivity contribution in [2.45, 2.75) is 0 Å². The molecule has 5 nitrogen and oxygen atoms in total. The first kappa shape index (κ1) is 14.7. The SMILES string of the molecule is CN(C)/C=C(\C#N)C(=O)N/N=C/c1ccc(Cl)cc1. The molecule has 0 bridgehead atoms. The highest BCUT2D eigenvalue weighted by Crippen LogP contribution is 2.07. The molecule has 0 saturated heterocycles. The van der Waals surface area contributed by atoms with E-state index < -0.39 is 5.91 Å². The van der Waals surface area contributed by atoms with Crippen LogP contribution >= 0.6 is 11.6 Å². The lowest BCUT2D eigenvalue weighted by Gasteiger charge is -2.05. The zero-order valence-electron chi connectivity index (χ0n) is 10.6. The van der Waals surface area contributed by atoms with Gasteiger partial charge in [-0.05, 0) is 17.7 Å². The number of hydrazone groups is 1. The summed E-state index contributed by atoms with van der Waals surface area (Å²) < 4.78 is 0. The number of nitrogens with one attached hydrogen (secondary N) is 1. The lowest BCUT2D eigenvalue weighted by atomic mass is 10.2. The van der Waals surface area contributed by atoms with Gasteiger partial charge in [-0.2, -0.15) is 10.4 Å². The van der Waals surface area contributed by atoms with Crippen LogP contribution in [0.5, 0.6) is 0 Å². The maximum Gasteiger partial charge on any atom is 0.283 e. The molecule has 0 radical (unpaired) electrons. The fourth-order valence-electron chi connectivity index (χ4n) is 1.17. The fourth-order valence-corrected chi connectivity index (χ4v) is 1.30. The van der Waals surface area contributed by atoms with Gasteiger partial charge in [0.2, 0.25) is 0 Å². The van der Waals surface area contributed by atoms with Crippen LogP contribution < -0.4 is 5.43 Å². The molecule has 0 heterocycles. The largest absolute Gasteiger partial charge is 0.382 e. The Morgan fingerprint density at radius 1 is 1.42 bits per heavy atom. The van der Waals surface area contributed by atoms with Crippen molar-refractivity contribution in [2.24, 2.45) is 5.10 Å². The molecule has 1 N–H and O–H groups in total. The zero-order valence-corrected chi connectivity index (χ0v) is 11.3. The van der Waals surface area contributed by atoms with Crippen LogP contribution in [0.3, 0.4) is 0 Å². The molecule has 98 valence electrons. The van der Waals surface area contributed by atoms with Gasteiger partial charge in [0.1, 0.15) is 11.6 Å². The van der Waals surface area contributed by atoms with E-state index in [0.29, 0.717) is 5.02 Å². The number of benzene rings is 1. The molecule has 1 rings (SSSR count). The van der Waals surface area contributed by atoms with Crippen LogP contribution in [0, 0.1) is 11.3 Å². The number of nitriles is 1. The van der Waals surface area contributed by atoms with E-state index in [1.165, 1.54) is 12.4 Å². The molecule has 0 unspecified atom stereocenters. The molecule has 6 heteroatoms. The molecule has 0 aliphatic heterocycles. The van der Waals surface area contributed by atoms with Crippen molar-refractivity contribution in [3.8, 4) is 6.07 Å². The summed E-state index contributed by atoms with van der Waals surface area (Å²) in [5.41, 5.74) is 3.06. The Kier molecular flexibility index (Phi) is 5.58. The molecule has 1 amide bonds. The molecule has 0 aliphatic carbocycles. The number of hydrogen-bond donors (Lipinski definition) is 1. The maximum absolute atomic E-state index is 11.6. The van der Waals surface area contributed by atoms with Crippen LogP contribution in [0.4, 0.5) is 0 Å². The van der Waals surface area contributed by atoms with Gasteiger partial charge >= 0.3 is 0 Å². The quantitative estimate of drug-likeness (QED) is 0.394. The highest BCUT2D eigenvalue weighted by Gasteiger charge is 2.07. The van der Waals surface area contributed by atoms with Crippen LogP contribution in [0.15, 0.2) is 41.1 Å². The van der Waals surface area contributed by atoms with Crippen LogP contribution in [0.2, 0.25) is 5.02 Å². The summed E-state index contributed by atoms with van der Waals surface area (Å²) in [6.07, 6.45) is 2.89. The molecule has 0 saturated carbocycles. The van der Waals surface area contributed by atoms with E-state index in [1.807, 2.05) is 0 Å². The van der Waals surface area contributed by atoms with Gasteiger partial charge in [-0.25, -0.2) is 5.43 Å². The van der Waals surface area contributed by atoms with Gasteiger partial charge in [-0.15, -0.1) is 0 Å². The minimum absolute atomic E-state index is 0.0155. The molecule has 0 atom stereocenters. The Labute approximate surface area is 116 Å². The van der Waals surface area contributed by atoms with E-state index in [4.69, 9.17) is 16.9 Å². The average Bonchev–Trinajstić information content (AvgIpc) is 2.38. The van der Waals surface area contributed by atoms with Gasteiger partial charge < -0.3 is 4.90 Å². The average molecular weight is 277 g/mol. The van der Waals surface area contributed by atoms with Crippen molar-refractivity contribution in [3.05, 3.63) is 46.6 Å². The van der Waals surface area contributed by atoms with Gasteiger partial charge in [0, 0.05) is 25.3 Å². The Bertz CT molecular complexity index is 541. The summed E-state index contributed by atoms with van der Waals surface area (Å²) in [7, 11) is 3.45. The van der Waals surface area contributed by atoms with Crippen molar-refractivity contribution in [1.82, 2.24) is 10.3 Å². The first-order valence-corrected chi connectivity index (χ1v) is 5.78. The van der Waals surface area contributed by atoms with Crippen molar-refractivity contribution in [1.29, 1.82) is 5.26 Å². The molecule has 0 fully saturated rings. The van der Waals surface area contributed by atoms with Crippen LogP contribution in [0.1, 0.15) is 5.56 Å². The molecule has 0 aromatic heterocycles. The Hall–Kier alpha value is -2.32. The number of amides is 1. The Morgan fingerprint density at radius 2 is 2.05 bits per heavy atom. The maximum atomic E-state index is 11.6. The van der Waals surface area contributed by atoms with Gasteiger partial charge in [0.25, 0.3) is 5.91 Å². The second-order valence-electron chi connectivity index (χ2n) is 3.87. The highest BCUT2D eigenvalue weighted by atomic mass is 35.5. The second-order valence-corrected chi connectivity index (χ2v) is 4.31. The number of nitrogens with zero attached hydrogens (tertiary/aromatic N) is 3. The summed E-state index contributed by atoms with van der Waals surface area (Å²) in [6, 6.07) is 8.77. The minimum Gasteiger partial charge on any atom is -0.382 e. The summed E-state index contributed by atoms with van der Waals surface area (Å²) in [6.45, 7) is 0. The monoisotopic (exact) mass is 276 g/mol. The lowest BCUT2D eigenvalue weighted by Crippen LogP contribution is -2.20. The van der Waals surface area contributed by atoms with Crippen molar-refractivity contribution in [2.75, 3.05) is 14.1 Å². The lowest BCUT2D eigenvalue weighted by molar-refractivity contribution is -0.117. The predicted molar refractivity (Wildman–Crippen MR) is 74.6 cm³/mol. The van der Waals surface area contributed by atoms with Crippen LogP contribution in [-0.2, 0) is 4.79 Å². The van der Waals surface area contributed by atoms with Gasteiger partial charge in [0.05, 0.1) is 6.21 Å². The number of carbonyl (C=O) groups excluding carboxylic acids is 1. The summed E-state index contributed by atoms with van der Waals surface area (Å²) in [5, 5.41) is 13.2. The van der Waals surface area contributed by atoms with Gasteiger partial charge in [-0.1, -0.05) is 23.7 Å². The van der Waals surface area contributed by atoms with Crippen molar-refractivity contribution < 1.29 is 4.79 Å². The first-order chi connectivity index (χ1) is 9.02. The normalized spacial score (nSPS) is 11.2. The third-order valence-electron chi connectivity index (χ3n) is 2.00. The second kappa shape index (κ2) is 7.19. The topological polar surface area (TPSA) is 68.5 Å². The molecule has 1 aromatic rings. The third kappa shape index (κ3) is 5.23. The smallest absolute Gasteiger partial charge is 0.283 e. The molecule has 0 spiro atoms. The zero-order chi connectivity index (χ0) is 14.3. The van der Waals surface area contributed by atoms with E-state index in [2.05, 4.69) is 10.5 Å². The highest BCUT2D eigenvalue weighted by molar-refractivity contribution is 6.30. The third-order valence-corrected chi connectivity index (χ3v) is 2.25. The Balaban J connectivity index is 2.64. The van der Waals surface area contributed by atoms with Crippen molar-refractivity contribution in [3.63, 3.8) is 0 Å². The first-order valence-electron chi connectivity index (χ1n) is 5.40.